The Morgan fingerprint density at radius 3 is 2.45 bits per heavy atom. The summed E-state index contributed by atoms with van der Waals surface area (Å²) in [5.41, 5.74) is 2.08. The number of rotatable bonds is 6. The number of methoxy groups -OCH3 is 1. The first kappa shape index (κ1) is 22.5. The molecule has 1 aliphatic rings. The normalized spacial score (nSPS) is 15.5. The molecular weight excluding hydrogens is 396 g/mol. The van der Waals surface area contributed by atoms with Gasteiger partial charge in [0.05, 0.1) is 12.5 Å². The van der Waals surface area contributed by atoms with Crippen LogP contribution < -0.4 is 10.1 Å². The average molecular weight is 427 g/mol. The average Bonchev–Trinajstić information content (AvgIpc) is 2.78. The Morgan fingerprint density at radius 1 is 1.16 bits per heavy atom. The SMILES string of the molecule is COc1cc(CNC(=O)C2(c3ccccc3C(C)C)CCN(C(=O)O)CC2)ccc1O. The summed E-state index contributed by atoms with van der Waals surface area (Å²) in [5.74, 6) is 0.514. The molecule has 0 aliphatic carbocycles. The lowest BCUT2D eigenvalue weighted by Crippen LogP contribution is -2.53. The molecule has 31 heavy (non-hydrogen) atoms. The van der Waals surface area contributed by atoms with Gasteiger partial charge in [-0.05, 0) is 47.6 Å². The summed E-state index contributed by atoms with van der Waals surface area (Å²) in [6.07, 6.45) is -0.107. The first-order chi connectivity index (χ1) is 14.8. The molecule has 3 N–H and O–H groups in total. The van der Waals surface area contributed by atoms with Crippen molar-refractivity contribution in [2.75, 3.05) is 20.2 Å². The second kappa shape index (κ2) is 9.29. The minimum Gasteiger partial charge on any atom is -0.504 e. The fourth-order valence-corrected chi connectivity index (χ4v) is 4.32. The van der Waals surface area contributed by atoms with Crippen LogP contribution in [-0.2, 0) is 16.8 Å². The zero-order valence-electron chi connectivity index (χ0n) is 18.2. The smallest absolute Gasteiger partial charge is 0.407 e. The molecule has 1 saturated heterocycles. The van der Waals surface area contributed by atoms with Crippen LogP contribution in [0.25, 0.3) is 0 Å². The van der Waals surface area contributed by atoms with E-state index in [1.807, 2.05) is 24.3 Å². The van der Waals surface area contributed by atoms with Crippen molar-refractivity contribution in [3.63, 3.8) is 0 Å². The quantitative estimate of drug-likeness (QED) is 0.652. The first-order valence-corrected chi connectivity index (χ1v) is 10.5. The number of phenols is 1. The molecule has 166 valence electrons. The van der Waals surface area contributed by atoms with Gasteiger partial charge in [0.15, 0.2) is 11.5 Å². The number of benzene rings is 2. The standard InChI is InChI=1S/C24H30N2O5/c1-16(2)18-6-4-5-7-19(18)24(10-12-26(13-11-24)23(29)30)22(28)25-15-17-8-9-20(27)21(14-17)31-3/h4-9,14,16,27H,10-13,15H2,1-3H3,(H,25,28)(H,29,30). The van der Waals surface area contributed by atoms with E-state index in [2.05, 4.69) is 19.2 Å². The number of carboxylic acid groups (broad SMARTS) is 1. The molecule has 0 bridgehead atoms. The third kappa shape index (κ3) is 4.60. The fourth-order valence-electron chi connectivity index (χ4n) is 4.32. The predicted molar refractivity (Wildman–Crippen MR) is 118 cm³/mol. The van der Waals surface area contributed by atoms with E-state index in [4.69, 9.17) is 4.74 Å². The Balaban J connectivity index is 1.90. The number of ether oxygens (including phenoxy) is 1. The number of nitrogens with zero attached hydrogens (tertiary/aromatic N) is 1. The van der Waals surface area contributed by atoms with Gasteiger partial charge in [0.1, 0.15) is 0 Å². The van der Waals surface area contributed by atoms with Crippen molar-refractivity contribution in [2.45, 2.75) is 44.6 Å². The number of amides is 2. The highest BCUT2D eigenvalue weighted by Gasteiger charge is 2.45. The van der Waals surface area contributed by atoms with Crippen molar-refractivity contribution >= 4 is 12.0 Å². The molecule has 0 atom stereocenters. The summed E-state index contributed by atoms with van der Waals surface area (Å²) in [6.45, 7) is 5.09. The third-order valence-corrected chi connectivity index (χ3v) is 6.12. The van der Waals surface area contributed by atoms with Crippen LogP contribution in [0.15, 0.2) is 42.5 Å². The molecule has 1 heterocycles. The number of carbonyl (C=O) groups excluding carboxylic acids is 1. The first-order valence-electron chi connectivity index (χ1n) is 10.5. The topological polar surface area (TPSA) is 99.1 Å². The van der Waals surface area contributed by atoms with E-state index in [0.717, 1.165) is 16.7 Å². The summed E-state index contributed by atoms with van der Waals surface area (Å²) in [5, 5.41) is 22.2. The van der Waals surface area contributed by atoms with Gasteiger partial charge < -0.3 is 25.2 Å². The van der Waals surface area contributed by atoms with Crippen LogP contribution in [0, 0.1) is 0 Å². The van der Waals surface area contributed by atoms with E-state index in [1.165, 1.54) is 18.1 Å². The molecule has 0 aromatic heterocycles. The van der Waals surface area contributed by atoms with Crippen molar-refractivity contribution in [3.05, 3.63) is 59.2 Å². The molecule has 1 aliphatic heterocycles. The largest absolute Gasteiger partial charge is 0.504 e. The Bertz CT molecular complexity index is 949. The van der Waals surface area contributed by atoms with E-state index in [9.17, 15) is 19.8 Å². The van der Waals surface area contributed by atoms with Gasteiger partial charge in [-0.25, -0.2) is 4.79 Å². The second-order valence-corrected chi connectivity index (χ2v) is 8.28. The lowest BCUT2D eigenvalue weighted by Gasteiger charge is -2.41. The van der Waals surface area contributed by atoms with Gasteiger partial charge in [0.25, 0.3) is 0 Å². The minimum absolute atomic E-state index is 0.0425. The van der Waals surface area contributed by atoms with Crippen LogP contribution in [0.2, 0.25) is 0 Å². The maximum atomic E-state index is 13.6. The number of likely N-dealkylation sites (tertiary alicyclic amines) is 1. The second-order valence-electron chi connectivity index (χ2n) is 8.28. The van der Waals surface area contributed by atoms with Gasteiger partial charge in [-0.2, -0.15) is 0 Å². The van der Waals surface area contributed by atoms with Crippen LogP contribution in [0.4, 0.5) is 4.79 Å². The molecule has 0 saturated carbocycles. The van der Waals surface area contributed by atoms with E-state index in [0.29, 0.717) is 31.7 Å². The molecule has 2 aromatic carbocycles. The van der Waals surface area contributed by atoms with Gasteiger partial charge in [-0.1, -0.05) is 44.2 Å². The number of phenolic OH excluding ortho intramolecular Hbond substituents is 1. The molecule has 0 spiro atoms. The van der Waals surface area contributed by atoms with Crippen LogP contribution in [0.1, 0.15) is 49.3 Å². The zero-order chi connectivity index (χ0) is 22.6. The molecule has 1 fully saturated rings. The molecule has 2 aromatic rings. The monoisotopic (exact) mass is 426 g/mol. The molecule has 3 rings (SSSR count). The number of carbonyl (C=O) groups is 2. The van der Waals surface area contributed by atoms with Crippen molar-refractivity contribution < 1.29 is 24.5 Å². The molecule has 7 heteroatoms. The van der Waals surface area contributed by atoms with Crippen molar-refractivity contribution in [1.82, 2.24) is 10.2 Å². The fraction of sp³-hybridized carbons (Fsp3) is 0.417. The number of hydrogen-bond acceptors (Lipinski definition) is 4. The molecule has 0 unspecified atom stereocenters. The Hall–Kier alpha value is -3.22. The Morgan fingerprint density at radius 2 is 1.84 bits per heavy atom. The number of nitrogens with one attached hydrogen (secondary N) is 1. The van der Waals surface area contributed by atoms with Crippen molar-refractivity contribution in [3.8, 4) is 11.5 Å². The van der Waals surface area contributed by atoms with E-state index in [1.54, 1.807) is 12.1 Å². The van der Waals surface area contributed by atoms with E-state index in [-0.39, 0.29) is 24.1 Å². The number of aromatic hydroxyl groups is 1. The molecular formula is C24H30N2O5. The predicted octanol–water partition coefficient (Wildman–Crippen LogP) is 3.85. The highest BCUT2D eigenvalue weighted by Crippen LogP contribution is 2.40. The van der Waals surface area contributed by atoms with Gasteiger partial charge in [0.2, 0.25) is 5.91 Å². The van der Waals surface area contributed by atoms with E-state index >= 15 is 0 Å². The van der Waals surface area contributed by atoms with Gasteiger partial charge in [-0.3, -0.25) is 4.79 Å². The van der Waals surface area contributed by atoms with Crippen molar-refractivity contribution in [2.24, 2.45) is 0 Å². The third-order valence-electron chi connectivity index (χ3n) is 6.12. The van der Waals surface area contributed by atoms with E-state index < -0.39 is 11.5 Å². The summed E-state index contributed by atoms with van der Waals surface area (Å²) in [7, 11) is 1.48. The Kier molecular flexibility index (Phi) is 6.73. The maximum Gasteiger partial charge on any atom is 0.407 e. The number of hydrogen-bond donors (Lipinski definition) is 3. The Labute approximate surface area is 182 Å². The highest BCUT2D eigenvalue weighted by atomic mass is 16.5. The van der Waals surface area contributed by atoms with Gasteiger partial charge in [0, 0.05) is 19.6 Å². The zero-order valence-corrected chi connectivity index (χ0v) is 18.2. The number of piperidine rings is 1. The van der Waals surface area contributed by atoms with Crippen LogP contribution >= 0.6 is 0 Å². The summed E-state index contributed by atoms with van der Waals surface area (Å²) in [4.78, 5) is 26.4. The van der Waals surface area contributed by atoms with Gasteiger partial charge >= 0.3 is 6.09 Å². The molecule has 0 radical (unpaired) electrons. The molecule has 2 amide bonds. The van der Waals surface area contributed by atoms with Gasteiger partial charge in [-0.15, -0.1) is 0 Å². The summed E-state index contributed by atoms with van der Waals surface area (Å²) in [6, 6.07) is 12.9. The van der Waals surface area contributed by atoms with Crippen molar-refractivity contribution in [1.29, 1.82) is 0 Å². The maximum absolute atomic E-state index is 13.6. The summed E-state index contributed by atoms with van der Waals surface area (Å²) < 4.78 is 5.15. The minimum atomic E-state index is -0.956. The highest BCUT2D eigenvalue weighted by molar-refractivity contribution is 5.89. The summed E-state index contributed by atoms with van der Waals surface area (Å²) >= 11 is 0. The molecule has 7 nitrogen and oxygen atoms in total. The van der Waals surface area contributed by atoms with Crippen LogP contribution in [0.3, 0.4) is 0 Å². The van der Waals surface area contributed by atoms with Crippen LogP contribution in [-0.4, -0.2) is 47.3 Å². The lowest BCUT2D eigenvalue weighted by molar-refractivity contribution is -0.128. The van der Waals surface area contributed by atoms with Crippen LogP contribution in [0.5, 0.6) is 11.5 Å². The lowest BCUT2D eigenvalue weighted by atomic mass is 9.69.